The fourth-order valence-electron chi connectivity index (χ4n) is 0.166. The highest BCUT2D eigenvalue weighted by Crippen LogP contribution is 1.75. The summed E-state index contributed by atoms with van der Waals surface area (Å²) in [7, 11) is 0. The van der Waals surface area contributed by atoms with Crippen molar-refractivity contribution in [2.45, 2.75) is 19.8 Å². The Kier molecular flexibility index (Phi) is 4.80. The van der Waals surface area contributed by atoms with Crippen LogP contribution in [0.25, 0.3) is 0 Å². The first-order valence-electron chi connectivity index (χ1n) is 2.02. The van der Waals surface area contributed by atoms with Gasteiger partial charge in [-0.3, -0.25) is 0 Å². The summed E-state index contributed by atoms with van der Waals surface area (Å²) in [6, 6.07) is 0. The topological polar surface area (TPSA) is 17.1 Å². The molecule has 0 atom stereocenters. The zero-order valence-electron chi connectivity index (χ0n) is 3.81. The van der Waals surface area contributed by atoms with E-state index in [2.05, 4.69) is 0 Å². The van der Waals surface area contributed by atoms with Crippen molar-refractivity contribution in [3.8, 4) is 0 Å². The van der Waals surface area contributed by atoms with Crippen molar-refractivity contribution in [1.82, 2.24) is 0 Å². The van der Waals surface area contributed by atoms with Gasteiger partial charge >= 0.3 is 0 Å². The van der Waals surface area contributed by atoms with E-state index in [1.165, 1.54) is 0 Å². The maximum absolute atomic E-state index is 9.55. The van der Waals surface area contributed by atoms with E-state index < -0.39 is 0 Å². The highest BCUT2D eigenvalue weighted by atomic mass is 32.1. The fraction of sp³-hybridized carbons (Fsp3) is 0.750. The molecule has 0 aliphatic heterocycles. The van der Waals surface area contributed by atoms with Crippen LogP contribution in [-0.4, -0.2) is 9.58 Å². The molecule has 0 aliphatic carbocycles. The van der Waals surface area contributed by atoms with Crippen LogP contribution >= 0.6 is 0 Å². The zero-order valence-corrected chi connectivity index (χ0v) is 4.62. The smallest absolute Gasteiger partial charge is 0.0841 e. The van der Waals surface area contributed by atoms with E-state index in [-0.39, 0.29) is 0 Å². The Labute approximate surface area is 41.4 Å². The average molecular weight is 104 g/mol. The van der Waals surface area contributed by atoms with Crippen molar-refractivity contribution in [1.29, 1.82) is 0 Å². The Balaban J connectivity index is 2.86. The Morgan fingerprint density at radius 2 is 2.50 bits per heavy atom. The molecule has 0 saturated carbocycles. The summed E-state index contributed by atoms with van der Waals surface area (Å²) in [5.74, 6) is 0. The minimum atomic E-state index is 0.551. The predicted molar refractivity (Wildman–Crippen MR) is 29.1 cm³/mol. The summed E-state index contributed by atoms with van der Waals surface area (Å²) >= 11 is 0.551. The maximum Gasteiger partial charge on any atom is 0.0841 e. The Morgan fingerprint density at radius 1 is 1.83 bits per heavy atom. The molecule has 0 rings (SSSR count). The summed E-state index contributed by atoms with van der Waals surface area (Å²) in [6.07, 6.45) is 2.02. The van der Waals surface area contributed by atoms with E-state index in [1.807, 2.05) is 6.92 Å². The second-order valence-electron chi connectivity index (χ2n) is 1.05. The van der Waals surface area contributed by atoms with Gasteiger partial charge < -0.3 is 0 Å². The number of unbranched alkanes of at least 4 members (excludes halogenated alkanes) is 1. The summed E-state index contributed by atoms with van der Waals surface area (Å²) in [6.45, 7) is 2.05. The molecule has 0 spiro atoms. The lowest BCUT2D eigenvalue weighted by atomic mass is 10.4. The third-order valence-corrected chi connectivity index (χ3v) is 0.846. The van der Waals surface area contributed by atoms with Crippen molar-refractivity contribution in [2.75, 3.05) is 0 Å². The molecule has 0 heterocycles. The minimum absolute atomic E-state index is 0.551. The molecule has 0 aromatic heterocycles. The lowest BCUT2D eigenvalue weighted by Crippen LogP contribution is -1.66. The normalized spacial score (nSPS) is 7.50. The molecule has 0 aromatic carbocycles. The third kappa shape index (κ3) is 3.89. The van der Waals surface area contributed by atoms with Crippen molar-refractivity contribution in [2.24, 2.45) is 0 Å². The second kappa shape index (κ2) is 4.89. The third-order valence-electron chi connectivity index (χ3n) is 0.475. The van der Waals surface area contributed by atoms with Crippen molar-refractivity contribution < 1.29 is 4.21 Å². The molecule has 0 bridgehead atoms. The Hall–Kier alpha value is -0.110. The number of hydrogen-bond donors (Lipinski definition) is 0. The maximum atomic E-state index is 9.55. The van der Waals surface area contributed by atoms with Crippen LogP contribution in [0.15, 0.2) is 0 Å². The van der Waals surface area contributed by atoms with Gasteiger partial charge in [0.2, 0.25) is 0 Å². The number of hydrogen-bond acceptors (Lipinski definition) is 1. The molecule has 0 aliphatic rings. The first-order chi connectivity index (χ1) is 2.91. The fourth-order valence-corrected chi connectivity index (χ4v) is 0.498. The SMILES string of the molecule is CCCC=S=O. The van der Waals surface area contributed by atoms with Gasteiger partial charge in [0.05, 0.1) is 11.3 Å². The summed E-state index contributed by atoms with van der Waals surface area (Å²) in [5, 5.41) is 1.67. The summed E-state index contributed by atoms with van der Waals surface area (Å²) in [5.41, 5.74) is 0. The van der Waals surface area contributed by atoms with E-state index in [9.17, 15) is 4.21 Å². The van der Waals surface area contributed by atoms with Crippen LogP contribution in [0.2, 0.25) is 0 Å². The Bertz CT molecular complexity index is 63.9. The van der Waals surface area contributed by atoms with Crippen LogP contribution in [0.3, 0.4) is 0 Å². The van der Waals surface area contributed by atoms with E-state index in [0.717, 1.165) is 12.8 Å². The van der Waals surface area contributed by atoms with E-state index in [4.69, 9.17) is 0 Å². The molecule has 2 heteroatoms. The van der Waals surface area contributed by atoms with E-state index in [1.54, 1.807) is 5.37 Å². The van der Waals surface area contributed by atoms with Gasteiger partial charge in [-0.15, -0.1) is 0 Å². The molecule has 0 amide bonds. The van der Waals surface area contributed by atoms with Crippen LogP contribution in [0.5, 0.6) is 0 Å². The lowest BCUT2D eigenvalue weighted by Gasteiger charge is -1.71. The summed E-state index contributed by atoms with van der Waals surface area (Å²) < 4.78 is 9.55. The predicted octanol–water partition coefficient (Wildman–Crippen LogP) is 0.802. The van der Waals surface area contributed by atoms with Crippen molar-refractivity contribution in [3.05, 3.63) is 0 Å². The molecule has 6 heavy (non-hydrogen) atoms. The van der Waals surface area contributed by atoms with Gasteiger partial charge in [0, 0.05) is 5.37 Å². The Morgan fingerprint density at radius 3 is 2.67 bits per heavy atom. The molecule has 0 saturated heterocycles. The summed E-state index contributed by atoms with van der Waals surface area (Å²) in [4.78, 5) is 0. The van der Waals surface area contributed by atoms with Gasteiger partial charge in [-0.05, 0) is 6.42 Å². The molecular formula is C4H8OS. The molecule has 0 aromatic rings. The van der Waals surface area contributed by atoms with Crippen LogP contribution in [-0.2, 0) is 11.3 Å². The van der Waals surface area contributed by atoms with Gasteiger partial charge in [-0.2, -0.15) is 0 Å². The van der Waals surface area contributed by atoms with Gasteiger partial charge in [0.25, 0.3) is 0 Å². The van der Waals surface area contributed by atoms with Gasteiger partial charge in [-0.1, -0.05) is 13.3 Å². The standard InChI is InChI=1S/C4H8OS/c1-2-3-4-6-5/h4H,2-3H2,1H3. The first kappa shape index (κ1) is 5.89. The lowest BCUT2D eigenvalue weighted by molar-refractivity contribution is 0.701. The number of rotatable bonds is 2. The van der Waals surface area contributed by atoms with Crippen LogP contribution in [0.4, 0.5) is 0 Å². The average Bonchev–Trinajstić information content (AvgIpc) is 1.61. The second-order valence-corrected chi connectivity index (χ2v) is 1.58. The van der Waals surface area contributed by atoms with E-state index >= 15 is 0 Å². The molecule has 1 nitrogen and oxygen atoms in total. The molecule has 0 unspecified atom stereocenters. The molecule has 0 radical (unpaired) electrons. The van der Waals surface area contributed by atoms with Gasteiger partial charge in [-0.25, -0.2) is 4.21 Å². The van der Waals surface area contributed by atoms with Crippen molar-refractivity contribution >= 4 is 16.6 Å². The van der Waals surface area contributed by atoms with Crippen LogP contribution in [0.1, 0.15) is 19.8 Å². The molecular weight excluding hydrogens is 96.1 g/mol. The van der Waals surface area contributed by atoms with Gasteiger partial charge in [0.1, 0.15) is 0 Å². The van der Waals surface area contributed by atoms with Crippen LogP contribution < -0.4 is 0 Å². The molecule has 0 fully saturated rings. The largest absolute Gasteiger partial charge is 0.213 e. The van der Waals surface area contributed by atoms with E-state index in [0.29, 0.717) is 11.3 Å². The highest BCUT2D eigenvalue weighted by Gasteiger charge is 1.66. The van der Waals surface area contributed by atoms with Gasteiger partial charge in [0.15, 0.2) is 0 Å². The molecule has 36 valence electrons. The highest BCUT2D eigenvalue weighted by molar-refractivity contribution is 7.64. The molecule has 0 N–H and O–H groups in total. The minimum Gasteiger partial charge on any atom is -0.213 e. The quantitative estimate of drug-likeness (QED) is 0.474. The zero-order chi connectivity index (χ0) is 4.83. The monoisotopic (exact) mass is 104 g/mol. The first-order valence-corrected chi connectivity index (χ1v) is 2.82. The van der Waals surface area contributed by atoms with Crippen LogP contribution in [0, 0.1) is 0 Å². The van der Waals surface area contributed by atoms with Crippen molar-refractivity contribution in [3.63, 3.8) is 0 Å².